The summed E-state index contributed by atoms with van der Waals surface area (Å²) in [6.07, 6.45) is -0.505. The number of fused-ring (bicyclic) bond motifs is 1. The normalized spacial score (nSPS) is 12.7. The number of nitrogens with zero attached hydrogens (tertiary/aromatic N) is 2. The predicted molar refractivity (Wildman–Crippen MR) is 85.9 cm³/mol. The molecule has 1 aromatic carbocycles. The van der Waals surface area contributed by atoms with Crippen molar-refractivity contribution in [3.63, 3.8) is 0 Å². The van der Waals surface area contributed by atoms with Crippen molar-refractivity contribution in [1.29, 1.82) is 0 Å². The van der Waals surface area contributed by atoms with Gasteiger partial charge in [0.25, 0.3) is 12.3 Å². The first kappa shape index (κ1) is 16.6. The highest BCUT2D eigenvalue weighted by Gasteiger charge is 2.22. The lowest BCUT2D eigenvalue weighted by atomic mass is 10.2. The third-order valence-corrected chi connectivity index (χ3v) is 4.51. The van der Waals surface area contributed by atoms with E-state index in [9.17, 15) is 13.6 Å². The second-order valence-corrected chi connectivity index (χ2v) is 6.27. The molecule has 0 atom stereocenters. The Balaban J connectivity index is 1.80. The van der Waals surface area contributed by atoms with Gasteiger partial charge >= 0.3 is 0 Å². The Morgan fingerprint density at radius 3 is 2.92 bits per heavy atom. The van der Waals surface area contributed by atoms with Gasteiger partial charge in [0, 0.05) is 12.1 Å². The first-order chi connectivity index (χ1) is 11.6. The quantitative estimate of drug-likeness (QED) is 0.794. The zero-order valence-corrected chi connectivity index (χ0v) is 13.8. The fourth-order valence-corrected chi connectivity index (χ4v) is 3.28. The van der Waals surface area contributed by atoms with Gasteiger partial charge < -0.3 is 14.4 Å². The van der Waals surface area contributed by atoms with Crippen LogP contribution in [0.25, 0.3) is 10.6 Å². The van der Waals surface area contributed by atoms with Crippen LogP contribution in [0.4, 0.5) is 8.78 Å². The Hall–Kier alpha value is -2.22. The smallest absolute Gasteiger partial charge is 0.265 e. The minimum Gasteiger partial charge on any atom is -0.454 e. The summed E-state index contributed by atoms with van der Waals surface area (Å²) in [6.45, 7) is 1.75. The van der Waals surface area contributed by atoms with E-state index in [4.69, 9.17) is 9.47 Å². The molecule has 1 aliphatic heterocycles. The molecule has 1 aromatic heterocycles. The summed E-state index contributed by atoms with van der Waals surface area (Å²) in [6, 6.07) is 5.39. The minimum absolute atomic E-state index is 0.181. The van der Waals surface area contributed by atoms with Gasteiger partial charge in [-0.15, -0.1) is 11.3 Å². The Labute approximate surface area is 141 Å². The second-order valence-electron chi connectivity index (χ2n) is 5.24. The summed E-state index contributed by atoms with van der Waals surface area (Å²) in [7, 11) is 0. The topological polar surface area (TPSA) is 51.7 Å². The van der Waals surface area contributed by atoms with E-state index in [0.717, 1.165) is 5.56 Å². The van der Waals surface area contributed by atoms with Crippen LogP contribution >= 0.6 is 11.3 Å². The zero-order chi connectivity index (χ0) is 17.1. The maximum Gasteiger partial charge on any atom is 0.265 e. The van der Waals surface area contributed by atoms with Gasteiger partial charge in [0.15, 0.2) is 11.5 Å². The third-order valence-electron chi connectivity index (χ3n) is 3.48. The lowest BCUT2D eigenvalue weighted by Gasteiger charge is -2.20. The third kappa shape index (κ3) is 3.48. The van der Waals surface area contributed by atoms with Gasteiger partial charge in [0.1, 0.15) is 9.88 Å². The monoisotopic (exact) mass is 354 g/mol. The predicted octanol–water partition coefficient (Wildman–Crippen LogP) is 3.66. The molecular formula is C16H16F2N2O3S. The molecule has 5 nitrogen and oxygen atoms in total. The summed E-state index contributed by atoms with van der Waals surface area (Å²) in [5.74, 6) is 0.875. The second kappa shape index (κ2) is 7.12. The molecule has 0 saturated carbocycles. The van der Waals surface area contributed by atoms with Crippen molar-refractivity contribution in [2.45, 2.75) is 19.8 Å². The van der Waals surface area contributed by atoms with E-state index in [1.165, 1.54) is 22.4 Å². The molecular weight excluding hydrogens is 338 g/mol. The average molecular weight is 354 g/mol. The van der Waals surface area contributed by atoms with Crippen molar-refractivity contribution < 1.29 is 23.0 Å². The molecule has 0 spiro atoms. The molecule has 0 unspecified atom stereocenters. The van der Waals surface area contributed by atoms with Crippen molar-refractivity contribution in [3.05, 3.63) is 29.3 Å². The van der Waals surface area contributed by atoms with Gasteiger partial charge in [-0.1, -0.05) is 6.92 Å². The van der Waals surface area contributed by atoms with Crippen LogP contribution in [0.5, 0.6) is 11.5 Å². The molecule has 0 aliphatic carbocycles. The van der Waals surface area contributed by atoms with Crippen molar-refractivity contribution in [2.24, 2.45) is 0 Å². The summed E-state index contributed by atoms with van der Waals surface area (Å²) < 4.78 is 35.9. The van der Waals surface area contributed by atoms with Gasteiger partial charge in [-0.3, -0.25) is 4.79 Å². The Morgan fingerprint density at radius 1 is 1.38 bits per heavy atom. The van der Waals surface area contributed by atoms with Crippen molar-refractivity contribution >= 4 is 17.2 Å². The number of carbonyl (C=O) groups is 1. The van der Waals surface area contributed by atoms with E-state index >= 15 is 0 Å². The summed E-state index contributed by atoms with van der Waals surface area (Å²) in [5, 5.41) is 0.630. The lowest BCUT2D eigenvalue weighted by Crippen LogP contribution is -2.35. The molecule has 2 heterocycles. The number of hydrogen-bond donors (Lipinski definition) is 0. The molecule has 128 valence electrons. The lowest BCUT2D eigenvalue weighted by molar-refractivity contribution is 0.0559. The molecule has 0 fully saturated rings. The minimum atomic E-state index is -2.55. The van der Waals surface area contributed by atoms with Gasteiger partial charge in [0.05, 0.1) is 12.7 Å². The van der Waals surface area contributed by atoms with Crippen molar-refractivity contribution in [2.75, 3.05) is 19.9 Å². The van der Waals surface area contributed by atoms with Gasteiger partial charge in [-0.2, -0.15) is 0 Å². The van der Waals surface area contributed by atoms with Gasteiger partial charge in [0.2, 0.25) is 6.79 Å². The number of hydrogen-bond acceptors (Lipinski definition) is 5. The first-order valence-corrected chi connectivity index (χ1v) is 8.33. The van der Waals surface area contributed by atoms with Crippen LogP contribution in [-0.4, -0.2) is 42.1 Å². The molecule has 1 aliphatic rings. The Kier molecular flexibility index (Phi) is 4.94. The average Bonchev–Trinajstić information content (AvgIpc) is 3.21. The van der Waals surface area contributed by atoms with E-state index in [0.29, 0.717) is 34.3 Å². The number of carbonyl (C=O) groups excluding carboxylic acids is 1. The standard InChI is InChI=1S/C16H16F2N2O3S/c1-2-5-20(8-14(17)18)16(21)13-7-19-15(24-13)10-3-4-11-12(6-10)23-9-22-11/h3-4,6-7,14H,2,5,8-9H2,1H3. The van der Waals surface area contributed by atoms with Crippen LogP contribution in [0.3, 0.4) is 0 Å². The van der Waals surface area contributed by atoms with Crippen LogP contribution in [0.15, 0.2) is 24.4 Å². The Bertz CT molecular complexity index is 736. The first-order valence-electron chi connectivity index (χ1n) is 7.51. The van der Waals surface area contributed by atoms with E-state index in [1.807, 2.05) is 13.0 Å². The number of aromatic nitrogens is 1. The maximum atomic E-state index is 12.6. The van der Waals surface area contributed by atoms with E-state index in [2.05, 4.69) is 4.98 Å². The van der Waals surface area contributed by atoms with Crippen LogP contribution in [0.1, 0.15) is 23.0 Å². The maximum absolute atomic E-state index is 12.6. The SMILES string of the molecule is CCCN(CC(F)F)C(=O)c1cnc(-c2ccc3c(c2)OCO3)s1. The number of rotatable bonds is 6. The number of amides is 1. The Morgan fingerprint density at radius 2 is 2.17 bits per heavy atom. The van der Waals surface area contributed by atoms with Crippen LogP contribution in [0.2, 0.25) is 0 Å². The molecule has 2 aromatic rings. The van der Waals surface area contributed by atoms with E-state index in [1.54, 1.807) is 12.1 Å². The molecule has 24 heavy (non-hydrogen) atoms. The number of thiazole rings is 1. The molecule has 0 radical (unpaired) electrons. The molecule has 8 heteroatoms. The summed E-state index contributed by atoms with van der Waals surface area (Å²) in [4.78, 5) is 18.2. The number of benzene rings is 1. The van der Waals surface area contributed by atoms with E-state index < -0.39 is 18.9 Å². The number of halogens is 2. The number of alkyl halides is 2. The van der Waals surface area contributed by atoms with Crippen LogP contribution in [-0.2, 0) is 0 Å². The highest BCUT2D eigenvalue weighted by atomic mass is 32.1. The zero-order valence-electron chi connectivity index (χ0n) is 13.0. The van der Waals surface area contributed by atoms with E-state index in [-0.39, 0.29) is 6.79 Å². The highest BCUT2D eigenvalue weighted by Crippen LogP contribution is 2.37. The highest BCUT2D eigenvalue weighted by molar-refractivity contribution is 7.16. The van der Waals surface area contributed by atoms with Crippen molar-refractivity contribution in [3.8, 4) is 22.1 Å². The molecule has 0 N–H and O–H groups in total. The fourth-order valence-electron chi connectivity index (χ4n) is 2.40. The largest absolute Gasteiger partial charge is 0.454 e. The number of ether oxygens (including phenoxy) is 2. The van der Waals surface area contributed by atoms with Gasteiger partial charge in [-0.05, 0) is 24.6 Å². The molecule has 3 rings (SSSR count). The molecule has 0 saturated heterocycles. The summed E-state index contributed by atoms with van der Waals surface area (Å²) >= 11 is 1.18. The van der Waals surface area contributed by atoms with Crippen LogP contribution < -0.4 is 9.47 Å². The molecule has 0 bridgehead atoms. The summed E-state index contributed by atoms with van der Waals surface area (Å²) in [5.41, 5.74) is 0.791. The fraction of sp³-hybridized carbons (Fsp3) is 0.375. The molecule has 1 amide bonds. The van der Waals surface area contributed by atoms with Crippen molar-refractivity contribution in [1.82, 2.24) is 9.88 Å². The van der Waals surface area contributed by atoms with Crippen LogP contribution in [0, 0.1) is 0 Å². The van der Waals surface area contributed by atoms with Gasteiger partial charge in [-0.25, -0.2) is 13.8 Å².